The molecule has 1 N–H and O–H groups in total. The van der Waals surface area contributed by atoms with Gasteiger partial charge in [0.25, 0.3) is 0 Å². The van der Waals surface area contributed by atoms with Crippen molar-refractivity contribution in [2.24, 2.45) is 5.41 Å². The van der Waals surface area contributed by atoms with Gasteiger partial charge in [0.1, 0.15) is 11.9 Å². The third kappa shape index (κ3) is 2.76. The van der Waals surface area contributed by atoms with Crippen molar-refractivity contribution in [1.29, 1.82) is 5.26 Å². The summed E-state index contributed by atoms with van der Waals surface area (Å²) in [5.41, 5.74) is 1.44. The minimum atomic E-state index is -0.362. The summed E-state index contributed by atoms with van der Waals surface area (Å²) in [4.78, 5) is 0. The maximum atomic E-state index is 13.0. The van der Waals surface area contributed by atoms with E-state index in [2.05, 4.69) is 12.2 Å². The quantitative estimate of drug-likeness (QED) is 0.862. The zero-order valence-electron chi connectivity index (χ0n) is 10.1. The zero-order chi connectivity index (χ0) is 12.3. The fourth-order valence-corrected chi connectivity index (χ4v) is 2.48. The third-order valence-electron chi connectivity index (χ3n) is 3.62. The Morgan fingerprint density at radius 1 is 1.41 bits per heavy atom. The first-order valence-electron chi connectivity index (χ1n) is 6.06. The summed E-state index contributed by atoms with van der Waals surface area (Å²) in [6.07, 6.45) is 5.02. The molecule has 1 fully saturated rings. The summed E-state index contributed by atoms with van der Waals surface area (Å²) in [6.45, 7) is 3.12. The first-order chi connectivity index (χ1) is 8.13. The Morgan fingerprint density at radius 2 is 2.12 bits per heavy atom. The lowest BCUT2D eigenvalue weighted by Crippen LogP contribution is -2.23. The molecule has 0 spiro atoms. The van der Waals surface area contributed by atoms with Crippen LogP contribution in [0.4, 0.5) is 10.1 Å². The second kappa shape index (κ2) is 4.75. The van der Waals surface area contributed by atoms with E-state index in [0.29, 0.717) is 11.0 Å². The van der Waals surface area contributed by atoms with Crippen LogP contribution in [0.2, 0.25) is 0 Å². The van der Waals surface area contributed by atoms with Crippen LogP contribution in [0.25, 0.3) is 0 Å². The molecule has 0 unspecified atom stereocenters. The van der Waals surface area contributed by atoms with Gasteiger partial charge in [0.2, 0.25) is 0 Å². The Bertz CT molecular complexity index is 442. The highest BCUT2D eigenvalue weighted by atomic mass is 19.1. The number of nitrogens with one attached hydrogen (secondary N) is 1. The summed E-state index contributed by atoms with van der Waals surface area (Å²) < 4.78 is 13.0. The average molecular weight is 232 g/mol. The van der Waals surface area contributed by atoms with Gasteiger partial charge in [0.05, 0.1) is 11.3 Å². The fourth-order valence-electron chi connectivity index (χ4n) is 2.48. The second-order valence-corrected chi connectivity index (χ2v) is 5.17. The van der Waals surface area contributed by atoms with Crippen LogP contribution < -0.4 is 5.32 Å². The molecular weight excluding hydrogens is 215 g/mol. The van der Waals surface area contributed by atoms with Crippen molar-refractivity contribution in [3.63, 3.8) is 0 Å². The second-order valence-electron chi connectivity index (χ2n) is 5.17. The Labute approximate surface area is 101 Å². The van der Waals surface area contributed by atoms with Crippen LogP contribution in [-0.4, -0.2) is 6.54 Å². The van der Waals surface area contributed by atoms with Gasteiger partial charge in [0, 0.05) is 6.54 Å². The molecule has 0 radical (unpaired) electrons. The molecule has 1 saturated carbocycles. The number of halogens is 1. The average Bonchev–Trinajstić information content (AvgIpc) is 2.75. The van der Waals surface area contributed by atoms with E-state index in [4.69, 9.17) is 5.26 Å². The van der Waals surface area contributed by atoms with Gasteiger partial charge < -0.3 is 5.32 Å². The van der Waals surface area contributed by atoms with Gasteiger partial charge in [-0.2, -0.15) is 5.26 Å². The summed E-state index contributed by atoms with van der Waals surface area (Å²) >= 11 is 0. The Morgan fingerprint density at radius 3 is 2.76 bits per heavy atom. The molecule has 0 heterocycles. The molecule has 1 aliphatic rings. The maximum Gasteiger partial charge on any atom is 0.124 e. The van der Waals surface area contributed by atoms with Gasteiger partial charge >= 0.3 is 0 Å². The predicted molar refractivity (Wildman–Crippen MR) is 66.2 cm³/mol. The Balaban J connectivity index is 2.06. The molecule has 2 rings (SSSR count). The molecule has 0 saturated heterocycles. The van der Waals surface area contributed by atoms with Gasteiger partial charge in [-0.25, -0.2) is 4.39 Å². The van der Waals surface area contributed by atoms with E-state index >= 15 is 0 Å². The Kier molecular flexibility index (Phi) is 3.33. The molecule has 1 aromatic carbocycles. The van der Waals surface area contributed by atoms with E-state index in [0.717, 1.165) is 12.2 Å². The van der Waals surface area contributed by atoms with Crippen LogP contribution in [-0.2, 0) is 0 Å². The number of nitrogens with zero attached hydrogens (tertiary/aromatic N) is 1. The van der Waals surface area contributed by atoms with Crippen molar-refractivity contribution in [2.75, 3.05) is 11.9 Å². The normalized spacial score (nSPS) is 17.7. The number of anilines is 1. The number of hydrogen-bond acceptors (Lipinski definition) is 2. The lowest BCUT2D eigenvalue weighted by Gasteiger charge is -2.24. The molecule has 17 heavy (non-hydrogen) atoms. The molecule has 0 bridgehead atoms. The highest BCUT2D eigenvalue weighted by molar-refractivity contribution is 5.57. The molecule has 1 aliphatic carbocycles. The number of hydrogen-bond donors (Lipinski definition) is 1. The highest BCUT2D eigenvalue weighted by Crippen LogP contribution is 2.37. The van der Waals surface area contributed by atoms with Crippen molar-refractivity contribution in [1.82, 2.24) is 0 Å². The minimum absolute atomic E-state index is 0.321. The molecule has 0 amide bonds. The topological polar surface area (TPSA) is 35.8 Å². The number of nitriles is 1. The SMILES string of the molecule is CC1(CNc2ccc(F)cc2C#N)CCCC1. The Hall–Kier alpha value is -1.56. The van der Waals surface area contributed by atoms with Crippen molar-refractivity contribution in [3.8, 4) is 6.07 Å². The summed E-state index contributed by atoms with van der Waals surface area (Å²) in [5.74, 6) is -0.362. The first kappa shape index (κ1) is 11.9. The standard InChI is InChI=1S/C14H17FN2/c1-14(6-2-3-7-14)10-17-13-5-4-12(15)8-11(13)9-16/h4-5,8,17H,2-3,6-7,10H2,1H3. The van der Waals surface area contributed by atoms with Crippen molar-refractivity contribution in [2.45, 2.75) is 32.6 Å². The van der Waals surface area contributed by atoms with E-state index in [9.17, 15) is 4.39 Å². The van der Waals surface area contributed by atoms with Gasteiger partial charge in [-0.3, -0.25) is 0 Å². The van der Waals surface area contributed by atoms with Crippen LogP contribution in [0.5, 0.6) is 0 Å². The molecule has 90 valence electrons. The van der Waals surface area contributed by atoms with E-state index in [1.54, 1.807) is 6.07 Å². The highest BCUT2D eigenvalue weighted by Gasteiger charge is 2.28. The lowest BCUT2D eigenvalue weighted by molar-refractivity contribution is 0.362. The van der Waals surface area contributed by atoms with Gasteiger partial charge in [-0.1, -0.05) is 19.8 Å². The van der Waals surface area contributed by atoms with Crippen molar-refractivity contribution < 1.29 is 4.39 Å². The third-order valence-corrected chi connectivity index (χ3v) is 3.62. The van der Waals surface area contributed by atoms with E-state index in [-0.39, 0.29) is 5.82 Å². The number of benzene rings is 1. The molecule has 0 aliphatic heterocycles. The monoisotopic (exact) mass is 232 g/mol. The fraction of sp³-hybridized carbons (Fsp3) is 0.500. The smallest absolute Gasteiger partial charge is 0.124 e. The molecule has 3 heteroatoms. The zero-order valence-corrected chi connectivity index (χ0v) is 10.1. The van der Waals surface area contributed by atoms with E-state index in [1.807, 2.05) is 6.07 Å². The van der Waals surface area contributed by atoms with Crippen LogP contribution in [0.15, 0.2) is 18.2 Å². The first-order valence-corrected chi connectivity index (χ1v) is 6.06. The summed E-state index contributed by atoms with van der Waals surface area (Å²) in [5, 5.41) is 12.2. The maximum absolute atomic E-state index is 13.0. The molecular formula is C14H17FN2. The molecule has 1 aromatic rings. The summed E-state index contributed by atoms with van der Waals surface area (Å²) in [7, 11) is 0. The molecule has 0 atom stereocenters. The molecule has 2 nitrogen and oxygen atoms in total. The lowest BCUT2D eigenvalue weighted by atomic mass is 9.89. The van der Waals surface area contributed by atoms with Gasteiger partial charge in [-0.15, -0.1) is 0 Å². The van der Waals surface area contributed by atoms with Crippen LogP contribution >= 0.6 is 0 Å². The largest absolute Gasteiger partial charge is 0.383 e. The van der Waals surface area contributed by atoms with Gasteiger partial charge in [-0.05, 0) is 36.5 Å². The predicted octanol–water partition coefficient (Wildman–Crippen LogP) is 3.69. The number of rotatable bonds is 3. The molecule has 0 aromatic heterocycles. The minimum Gasteiger partial charge on any atom is -0.383 e. The van der Waals surface area contributed by atoms with Gasteiger partial charge in [0.15, 0.2) is 0 Å². The van der Waals surface area contributed by atoms with Crippen LogP contribution in [0.3, 0.4) is 0 Å². The summed E-state index contributed by atoms with van der Waals surface area (Å²) in [6, 6.07) is 6.33. The van der Waals surface area contributed by atoms with Crippen LogP contribution in [0, 0.1) is 22.6 Å². The van der Waals surface area contributed by atoms with E-state index < -0.39 is 0 Å². The van der Waals surface area contributed by atoms with Crippen LogP contribution in [0.1, 0.15) is 38.2 Å². The van der Waals surface area contributed by atoms with E-state index in [1.165, 1.54) is 37.8 Å². The van der Waals surface area contributed by atoms with Crippen molar-refractivity contribution >= 4 is 5.69 Å². The van der Waals surface area contributed by atoms with Crippen molar-refractivity contribution in [3.05, 3.63) is 29.6 Å².